The minimum absolute atomic E-state index is 0.0630. The molecule has 8 heteroatoms. The maximum atomic E-state index is 12.7. The first kappa shape index (κ1) is 22.4. The van der Waals surface area contributed by atoms with Crippen LogP contribution in [0, 0.1) is 5.92 Å². The van der Waals surface area contributed by atoms with Gasteiger partial charge in [-0.25, -0.2) is 13.1 Å². The molecule has 1 aliphatic rings. The molecule has 2 N–H and O–H groups in total. The second kappa shape index (κ2) is 10.0. The van der Waals surface area contributed by atoms with Crippen LogP contribution < -0.4 is 9.62 Å². The fraction of sp³-hybridized carbons (Fsp3) is 0.600. The van der Waals surface area contributed by atoms with Crippen LogP contribution in [-0.4, -0.2) is 38.5 Å². The molecule has 28 heavy (non-hydrogen) atoms. The minimum Gasteiger partial charge on any atom is -0.481 e. The van der Waals surface area contributed by atoms with E-state index in [9.17, 15) is 18.0 Å². The lowest BCUT2D eigenvalue weighted by molar-refractivity contribution is -0.138. The Balaban J connectivity index is 2.06. The van der Waals surface area contributed by atoms with Crippen LogP contribution in [-0.2, 0) is 26.0 Å². The highest BCUT2D eigenvalue weighted by Crippen LogP contribution is 2.31. The number of nitrogens with zero attached hydrogens (tertiary/aromatic N) is 1. The van der Waals surface area contributed by atoms with Crippen molar-refractivity contribution in [2.75, 3.05) is 18.0 Å². The Bertz CT molecular complexity index is 807. The third-order valence-electron chi connectivity index (χ3n) is 5.22. The van der Waals surface area contributed by atoms with E-state index in [1.807, 2.05) is 0 Å². The number of benzene rings is 1. The number of sulfonamides is 1. The molecule has 1 aliphatic heterocycles. The van der Waals surface area contributed by atoms with Gasteiger partial charge in [0.1, 0.15) is 0 Å². The highest BCUT2D eigenvalue weighted by molar-refractivity contribution is 7.89. The molecule has 0 spiro atoms. The second-order valence-electron chi connectivity index (χ2n) is 7.25. The smallest absolute Gasteiger partial charge is 0.303 e. The van der Waals surface area contributed by atoms with Gasteiger partial charge in [0.25, 0.3) is 0 Å². The van der Waals surface area contributed by atoms with Crippen LogP contribution in [0.4, 0.5) is 5.69 Å². The fourth-order valence-electron chi connectivity index (χ4n) is 3.41. The van der Waals surface area contributed by atoms with E-state index >= 15 is 0 Å². The number of carboxylic acids is 1. The summed E-state index contributed by atoms with van der Waals surface area (Å²) in [5.41, 5.74) is 1.47. The normalized spacial score (nSPS) is 14.7. The average molecular weight is 411 g/mol. The number of nitrogens with one attached hydrogen (secondary N) is 1. The lowest BCUT2D eigenvalue weighted by Gasteiger charge is -2.18. The van der Waals surface area contributed by atoms with Gasteiger partial charge in [-0.05, 0) is 42.5 Å². The molecule has 1 heterocycles. The monoisotopic (exact) mass is 410 g/mol. The van der Waals surface area contributed by atoms with E-state index in [2.05, 4.69) is 18.6 Å². The zero-order valence-electron chi connectivity index (χ0n) is 16.6. The number of hydrogen-bond donors (Lipinski definition) is 2. The topological polar surface area (TPSA) is 104 Å². The molecule has 7 nitrogen and oxygen atoms in total. The molecule has 0 radical (unpaired) electrons. The van der Waals surface area contributed by atoms with Crippen molar-refractivity contribution in [2.24, 2.45) is 5.92 Å². The number of carbonyl (C=O) groups is 2. The molecule has 0 saturated carbocycles. The summed E-state index contributed by atoms with van der Waals surface area (Å²) in [6.07, 6.45) is 4.41. The molecule has 0 fully saturated rings. The van der Waals surface area contributed by atoms with E-state index in [1.54, 1.807) is 17.0 Å². The van der Waals surface area contributed by atoms with Gasteiger partial charge in [-0.2, -0.15) is 0 Å². The van der Waals surface area contributed by atoms with Crippen LogP contribution >= 0.6 is 0 Å². The molecule has 1 amide bonds. The molecular formula is C20H30N2O5S. The zero-order valence-corrected chi connectivity index (χ0v) is 17.4. The molecule has 0 saturated heterocycles. The number of hydrogen-bond acceptors (Lipinski definition) is 4. The van der Waals surface area contributed by atoms with Crippen LogP contribution in [0.15, 0.2) is 23.1 Å². The molecule has 156 valence electrons. The van der Waals surface area contributed by atoms with Crippen molar-refractivity contribution in [3.05, 3.63) is 23.8 Å². The molecule has 0 bridgehead atoms. The third-order valence-corrected chi connectivity index (χ3v) is 6.64. The maximum absolute atomic E-state index is 12.7. The standard InChI is InChI=1S/C20H30N2O5S/c1-3-5-6-15(4-2)14-21-28(26,27)17-7-8-18-16(13-17)11-12-22(18)19(23)9-10-20(24)25/h7-8,13,15,21H,3-6,9-12,14H2,1-2H3,(H,24,25)/t15-/m1/s1. The average Bonchev–Trinajstić information content (AvgIpc) is 3.09. The Morgan fingerprint density at radius 3 is 2.64 bits per heavy atom. The summed E-state index contributed by atoms with van der Waals surface area (Å²) in [6.45, 7) is 5.06. The van der Waals surface area contributed by atoms with Crippen LogP contribution in [0.2, 0.25) is 0 Å². The van der Waals surface area contributed by atoms with Crippen molar-refractivity contribution in [2.45, 2.75) is 63.7 Å². The van der Waals surface area contributed by atoms with Gasteiger partial charge < -0.3 is 10.0 Å². The first-order chi connectivity index (χ1) is 13.3. The third kappa shape index (κ3) is 5.78. The number of rotatable bonds is 11. The SMILES string of the molecule is CCCC[C@@H](CC)CNS(=O)(=O)c1ccc2c(c1)CCN2C(=O)CCC(=O)O. The number of carbonyl (C=O) groups excluding carboxylic acids is 1. The number of amides is 1. The van der Waals surface area contributed by atoms with Crippen LogP contribution in [0.25, 0.3) is 0 Å². The first-order valence-corrected chi connectivity index (χ1v) is 11.4. The number of fused-ring (bicyclic) bond motifs is 1. The van der Waals surface area contributed by atoms with Gasteiger partial charge in [-0.1, -0.05) is 33.1 Å². The number of anilines is 1. The van der Waals surface area contributed by atoms with Crippen LogP contribution in [0.5, 0.6) is 0 Å². The van der Waals surface area contributed by atoms with E-state index in [4.69, 9.17) is 5.11 Å². The van der Waals surface area contributed by atoms with E-state index in [0.29, 0.717) is 31.1 Å². The molecule has 0 aliphatic carbocycles. The van der Waals surface area contributed by atoms with Crippen LogP contribution in [0.3, 0.4) is 0 Å². The van der Waals surface area contributed by atoms with Gasteiger partial charge in [0, 0.05) is 25.2 Å². The Hall–Kier alpha value is -1.93. The molecule has 0 aromatic heterocycles. The number of carboxylic acid groups (broad SMARTS) is 1. The van der Waals surface area contributed by atoms with Crippen molar-refractivity contribution in [1.82, 2.24) is 4.72 Å². The van der Waals surface area contributed by atoms with Gasteiger partial charge in [-0.3, -0.25) is 9.59 Å². The van der Waals surface area contributed by atoms with Gasteiger partial charge in [-0.15, -0.1) is 0 Å². The molecular weight excluding hydrogens is 380 g/mol. The number of aliphatic carboxylic acids is 1. The maximum Gasteiger partial charge on any atom is 0.303 e. The number of unbranched alkanes of at least 4 members (excludes halogenated alkanes) is 1. The van der Waals surface area contributed by atoms with E-state index in [1.165, 1.54) is 6.07 Å². The van der Waals surface area contributed by atoms with Gasteiger partial charge >= 0.3 is 5.97 Å². The zero-order chi connectivity index (χ0) is 20.7. The summed E-state index contributed by atoms with van der Waals surface area (Å²) in [6, 6.07) is 4.77. The molecule has 1 aromatic rings. The first-order valence-electron chi connectivity index (χ1n) is 9.93. The van der Waals surface area contributed by atoms with E-state index in [0.717, 1.165) is 31.2 Å². The molecule has 1 atom stereocenters. The highest BCUT2D eigenvalue weighted by Gasteiger charge is 2.27. The van der Waals surface area contributed by atoms with Crippen molar-refractivity contribution in [3.63, 3.8) is 0 Å². The van der Waals surface area contributed by atoms with Gasteiger partial charge in [0.05, 0.1) is 11.3 Å². The minimum atomic E-state index is -3.60. The lowest BCUT2D eigenvalue weighted by Crippen LogP contribution is -2.30. The summed E-state index contributed by atoms with van der Waals surface area (Å²) in [5.74, 6) is -0.937. The quantitative estimate of drug-likeness (QED) is 0.584. The summed E-state index contributed by atoms with van der Waals surface area (Å²) in [4.78, 5) is 24.6. The molecule has 1 aromatic carbocycles. The summed E-state index contributed by atoms with van der Waals surface area (Å²) < 4.78 is 28.0. The van der Waals surface area contributed by atoms with Crippen molar-refractivity contribution in [1.29, 1.82) is 0 Å². The highest BCUT2D eigenvalue weighted by atomic mass is 32.2. The van der Waals surface area contributed by atoms with E-state index in [-0.39, 0.29) is 23.6 Å². The largest absolute Gasteiger partial charge is 0.481 e. The Kier molecular flexibility index (Phi) is 8.00. The van der Waals surface area contributed by atoms with E-state index < -0.39 is 16.0 Å². The van der Waals surface area contributed by atoms with Gasteiger partial charge in [0.2, 0.25) is 15.9 Å². The lowest BCUT2D eigenvalue weighted by atomic mass is 10.00. The van der Waals surface area contributed by atoms with Crippen LogP contribution in [0.1, 0.15) is 57.9 Å². The Morgan fingerprint density at radius 2 is 2.00 bits per heavy atom. The van der Waals surface area contributed by atoms with Gasteiger partial charge in [0.15, 0.2) is 0 Å². The Labute approximate surface area is 167 Å². The molecule has 2 rings (SSSR count). The summed E-state index contributed by atoms with van der Waals surface area (Å²) in [5, 5.41) is 8.74. The predicted molar refractivity (Wildman–Crippen MR) is 108 cm³/mol. The van der Waals surface area contributed by atoms with Crippen molar-refractivity contribution >= 4 is 27.6 Å². The van der Waals surface area contributed by atoms with Crippen molar-refractivity contribution in [3.8, 4) is 0 Å². The Morgan fingerprint density at radius 1 is 1.25 bits per heavy atom. The predicted octanol–water partition coefficient (Wildman–Crippen LogP) is 2.94. The summed E-state index contributed by atoms with van der Waals surface area (Å²) >= 11 is 0. The summed E-state index contributed by atoms with van der Waals surface area (Å²) in [7, 11) is -3.60. The second-order valence-corrected chi connectivity index (χ2v) is 9.01. The fourth-order valence-corrected chi connectivity index (χ4v) is 4.57. The van der Waals surface area contributed by atoms with Crippen molar-refractivity contribution < 1.29 is 23.1 Å². The molecule has 0 unspecified atom stereocenters.